The van der Waals surface area contributed by atoms with Gasteiger partial charge in [0, 0.05) is 17.8 Å². The van der Waals surface area contributed by atoms with Crippen molar-refractivity contribution in [2.75, 3.05) is 5.73 Å². The van der Waals surface area contributed by atoms with Gasteiger partial charge in [0.1, 0.15) is 11.6 Å². The van der Waals surface area contributed by atoms with Gasteiger partial charge < -0.3 is 10.3 Å². The van der Waals surface area contributed by atoms with Crippen LogP contribution in [0.2, 0.25) is 0 Å². The quantitative estimate of drug-likeness (QED) is 0.720. The van der Waals surface area contributed by atoms with Crippen molar-refractivity contribution >= 4 is 16.7 Å². The second kappa shape index (κ2) is 4.63. The lowest BCUT2D eigenvalue weighted by molar-refractivity contribution is 0.628. The molecule has 0 saturated heterocycles. The van der Waals surface area contributed by atoms with Crippen LogP contribution < -0.4 is 5.73 Å². The molecule has 4 heteroatoms. The second-order valence-corrected chi connectivity index (χ2v) is 4.88. The molecule has 0 spiro atoms. The van der Waals surface area contributed by atoms with Crippen LogP contribution in [0.3, 0.4) is 0 Å². The average Bonchev–Trinajstić information content (AvgIpc) is 2.79. The lowest BCUT2D eigenvalue weighted by Crippen LogP contribution is -1.99. The number of nitrogen functional groups attached to an aromatic ring is 1. The molecule has 0 aliphatic carbocycles. The summed E-state index contributed by atoms with van der Waals surface area (Å²) < 4.78 is 15.4. The zero-order chi connectivity index (χ0) is 14.3. The van der Waals surface area contributed by atoms with Gasteiger partial charge in [0.2, 0.25) is 0 Å². The molecular weight excluding hydrogens is 253 g/mol. The molecule has 20 heavy (non-hydrogen) atoms. The summed E-state index contributed by atoms with van der Waals surface area (Å²) in [5, 5.41) is 0. The number of rotatable bonds is 2. The first-order chi connectivity index (χ1) is 9.60. The highest BCUT2D eigenvalue weighted by Gasteiger charge is 2.12. The Bertz CT molecular complexity index is 790. The summed E-state index contributed by atoms with van der Waals surface area (Å²) in [4.78, 5) is 4.61. The van der Waals surface area contributed by atoms with Crippen LogP contribution in [0.5, 0.6) is 0 Å². The molecule has 102 valence electrons. The Kier molecular flexibility index (Phi) is 2.93. The van der Waals surface area contributed by atoms with Gasteiger partial charge in [-0.2, -0.15) is 0 Å². The van der Waals surface area contributed by atoms with Crippen LogP contribution in [-0.2, 0) is 6.54 Å². The summed E-state index contributed by atoms with van der Waals surface area (Å²) in [5.74, 6) is 0.571. The number of anilines is 1. The Hall–Kier alpha value is -2.36. The Morgan fingerprint density at radius 1 is 1.20 bits per heavy atom. The number of nitrogens with two attached hydrogens (primary N) is 1. The van der Waals surface area contributed by atoms with Crippen LogP contribution in [0.15, 0.2) is 36.4 Å². The third-order valence-electron chi connectivity index (χ3n) is 3.56. The number of imidazole rings is 1. The van der Waals surface area contributed by atoms with E-state index in [1.165, 1.54) is 12.1 Å². The molecule has 2 aromatic carbocycles. The maximum absolute atomic E-state index is 13.4. The van der Waals surface area contributed by atoms with Crippen LogP contribution >= 0.6 is 0 Å². The molecule has 1 heterocycles. The smallest absolute Gasteiger partial charge is 0.141 e. The third-order valence-corrected chi connectivity index (χ3v) is 3.56. The van der Waals surface area contributed by atoms with Gasteiger partial charge in [-0.25, -0.2) is 9.37 Å². The Morgan fingerprint density at radius 3 is 2.70 bits per heavy atom. The molecule has 0 radical (unpaired) electrons. The fourth-order valence-electron chi connectivity index (χ4n) is 2.42. The molecule has 0 bridgehead atoms. The fourth-order valence-corrected chi connectivity index (χ4v) is 2.42. The van der Waals surface area contributed by atoms with E-state index in [0.717, 1.165) is 40.2 Å². The standard InChI is InChI=1S/C16H16FN3/c1-3-20-15-9-12(17)6-7-14(15)19-16(20)11-5-4-10(2)13(18)8-11/h4-9H,3,18H2,1-2H3. The number of fused-ring (bicyclic) bond motifs is 1. The van der Waals surface area contributed by atoms with Gasteiger partial charge >= 0.3 is 0 Å². The van der Waals surface area contributed by atoms with E-state index in [0.29, 0.717) is 0 Å². The number of benzene rings is 2. The minimum absolute atomic E-state index is 0.248. The van der Waals surface area contributed by atoms with E-state index < -0.39 is 0 Å². The molecular formula is C16H16FN3. The first-order valence-electron chi connectivity index (χ1n) is 6.62. The minimum Gasteiger partial charge on any atom is -0.398 e. The number of aryl methyl sites for hydroxylation is 2. The van der Waals surface area contributed by atoms with Gasteiger partial charge in [0.25, 0.3) is 0 Å². The molecule has 3 rings (SSSR count). The van der Waals surface area contributed by atoms with E-state index in [2.05, 4.69) is 4.98 Å². The molecule has 0 unspecified atom stereocenters. The van der Waals surface area contributed by atoms with Gasteiger partial charge in [-0.1, -0.05) is 12.1 Å². The Labute approximate surface area is 116 Å². The fraction of sp³-hybridized carbons (Fsp3) is 0.188. The van der Waals surface area contributed by atoms with E-state index >= 15 is 0 Å². The summed E-state index contributed by atoms with van der Waals surface area (Å²) in [6.07, 6.45) is 0. The monoisotopic (exact) mass is 269 g/mol. The number of hydrogen-bond acceptors (Lipinski definition) is 2. The highest BCUT2D eigenvalue weighted by atomic mass is 19.1. The molecule has 2 N–H and O–H groups in total. The zero-order valence-electron chi connectivity index (χ0n) is 11.5. The predicted octanol–water partition coefficient (Wildman–Crippen LogP) is 3.75. The number of hydrogen-bond donors (Lipinski definition) is 1. The van der Waals surface area contributed by atoms with E-state index in [1.807, 2.05) is 36.6 Å². The van der Waals surface area contributed by atoms with Gasteiger partial charge in [-0.3, -0.25) is 0 Å². The maximum Gasteiger partial charge on any atom is 0.141 e. The molecule has 0 fully saturated rings. The first-order valence-corrected chi connectivity index (χ1v) is 6.62. The van der Waals surface area contributed by atoms with Gasteiger partial charge in [0.05, 0.1) is 11.0 Å². The van der Waals surface area contributed by atoms with Crippen LogP contribution in [0.1, 0.15) is 12.5 Å². The Morgan fingerprint density at radius 2 is 2.00 bits per heavy atom. The van der Waals surface area contributed by atoms with E-state index in [1.54, 1.807) is 6.07 Å². The van der Waals surface area contributed by atoms with Crippen LogP contribution in [-0.4, -0.2) is 9.55 Å². The number of aromatic nitrogens is 2. The molecule has 0 aliphatic heterocycles. The molecule has 3 nitrogen and oxygen atoms in total. The summed E-state index contributed by atoms with van der Waals surface area (Å²) in [5.41, 5.74) is 10.3. The third kappa shape index (κ3) is 1.93. The highest BCUT2D eigenvalue weighted by molar-refractivity contribution is 5.81. The molecule has 3 aromatic rings. The van der Waals surface area contributed by atoms with E-state index in [4.69, 9.17) is 5.73 Å². The van der Waals surface area contributed by atoms with E-state index in [-0.39, 0.29) is 5.82 Å². The molecule has 0 saturated carbocycles. The van der Waals surface area contributed by atoms with Crippen molar-refractivity contribution < 1.29 is 4.39 Å². The minimum atomic E-state index is -0.248. The van der Waals surface area contributed by atoms with Gasteiger partial charge in [0.15, 0.2) is 0 Å². The molecule has 0 atom stereocenters. The van der Waals surface area contributed by atoms with Crippen LogP contribution in [0.25, 0.3) is 22.4 Å². The molecule has 1 aromatic heterocycles. The number of halogens is 1. The van der Waals surface area contributed by atoms with Crippen LogP contribution in [0.4, 0.5) is 10.1 Å². The Balaban J connectivity index is 2.27. The summed E-state index contributed by atoms with van der Waals surface area (Å²) in [6.45, 7) is 4.72. The summed E-state index contributed by atoms with van der Waals surface area (Å²) in [7, 11) is 0. The topological polar surface area (TPSA) is 43.8 Å². The number of nitrogens with zero attached hydrogens (tertiary/aromatic N) is 2. The highest BCUT2D eigenvalue weighted by Crippen LogP contribution is 2.27. The van der Waals surface area contributed by atoms with Crippen LogP contribution in [0, 0.1) is 12.7 Å². The van der Waals surface area contributed by atoms with Crippen molar-refractivity contribution in [3.05, 3.63) is 47.8 Å². The first kappa shape index (κ1) is 12.7. The zero-order valence-corrected chi connectivity index (χ0v) is 11.5. The van der Waals surface area contributed by atoms with Crippen molar-refractivity contribution in [2.45, 2.75) is 20.4 Å². The van der Waals surface area contributed by atoms with Crippen molar-refractivity contribution in [3.8, 4) is 11.4 Å². The van der Waals surface area contributed by atoms with E-state index in [9.17, 15) is 4.39 Å². The normalized spacial score (nSPS) is 11.2. The lowest BCUT2D eigenvalue weighted by atomic mass is 10.1. The lowest BCUT2D eigenvalue weighted by Gasteiger charge is -2.08. The second-order valence-electron chi connectivity index (χ2n) is 4.88. The molecule has 0 aliphatic rings. The van der Waals surface area contributed by atoms with Gasteiger partial charge in [-0.15, -0.1) is 0 Å². The average molecular weight is 269 g/mol. The van der Waals surface area contributed by atoms with Gasteiger partial charge in [-0.05, 0) is 43.7 Å². The summed E-state index contributed by atoms with van der Waals surface area (Å²) >= 11 is 0. The maximum atomic E-state index is 13.4. The van der Waals surface area contributed by atoms with Crippen molar-refractivity contribution in [3.63, 3.8) is 0 Å². The van der Waals surface area contributed by atoms with Crippen molar-refractivity contribution in [2.24, 2.45) is 0 Å². The molecule has 0 amide bonds. The summed E-state index contributed by atoms with van der Waals surface area (Å²) in [6, 6.07) is 10.5. The predicted molar refractivity (Wildman–Crippen MR) is 80.0 cm³/mol. The largest absolute Gasteiger partial charge is 0.398 e. The van der Waals surface area contributed by atoms with Crippen molar-refractivity contribution in [1.82, 2.24) is 9.55 Å². The SMILES string of the molecule is CCn1c(-c2ccc(C)c(N)c2)nc2ccc(F)cc21. The van der Waals surface area contributed by atoms with Crippen molar-refractivity contribution in [1.29, 1.82) is 0 Å².